The highest BCUT2D eigenvalue weighted by atomic mass is 16.7. The molecule has 0 saturated carbocycles. The number of nitrogens with zero attached hydrogens (tertiary/aromatic N) is 1. The Morgan fingerprint density at radius 1 is 0.851 bits per heavy atom. The standard InChI is InChI=1S/C21H23BO3.C20H16N2/c1-14-8-6-11-18-19(14)16-10-7-9-15(12-13-17(16)23-18)22-24-20(2,3)21(4,5)25-22;21-20(22-15-16-8-3-1-4-9-16)19-13-7-12-18(14-19)17-10-5-2-6-11-17/h6,8,11-13,15H,10H2,1-5H3;1-15,21H/b13-12-;. The first-order chi connectivity index (χ1) is 22.6. The summed E-state index contributed by atoms with van der Waals surface area (Å²) in [6, 6.07) is 34.1. The molecular formula is C41H39BN2O3. The van der Waals surface area contributed by atoms with Gasteiger partial charge in [-0.1, -0.05) is 109 Å². The highest BCUT2D eigenvalue weighted by Gasteiger charge is 2.53. The number of nitrogens with one attached hydrogen (secondary N) is 1. The Morgan fingerprint density at radius 3 is 2.23 bits per heavy atom. The molecule has 7 rings (SSSR count). The third-order valence-electron chi connectivity index (χ3n) is 8.99. The highest BCUT2D eigenvalue weighted by molar-refractivity contribution is 6.49. The zero-order chi connectivity index (χ0) is 33.0. The maximum atomic E-state index is 8.14. The number of benzene rings is 4. The molecule has 1 aliphatic carbocycles. The van der Waals surface area contributed by atoms with Gasteiger partial charge in [-0.3, -0.25) is 5.41 Å². The summed E-state index contributed by atoms with van der Waals surface area (Å²) in [5.74, 6) is 7.68. The number of furan rings is 1. The maximum Gasteiger partial charge on any atom is 0.478 e. The molecule has 1 aliphatic heterocycles. The molecule has 2 heterocycles. The summed E-state index contributed by atoms with van der Waals surface area (Å²) in [5.41, 5.74) is 6.66. The minimum atomic E-state index is -0.360. The number of allylic oxidation sites excluding steroid dienone is 1. The summed E-state index contributed by atoms with van der Waals surface area (Å²) in [7, 11) is -0.360. The van der Waals surface area contributed by atoms with Gasteiger partial charge in [-0.05, 0) is 75.1 Å². The Labute approximate surface area is 278 Å². The molecule has 6 heteroatoms. The van der Waals surface area contributed by atoms with E-state index in [9.17, 15) is 0 Å². The lowest BCUT2D eigenvalue weighted by atomic mass is 9.71. The second-order valence-electron chi connectivity index (χ2n) is 12.9. The monoisotopic (exact) mass is 618 g/mol. The van der Waals surface area contributed by atoms with Crippen molar-refractivity contribution in [3.05, 3.63) is 137 Å². The summed E-state index contributed by atoms with van der Waals surface area (Å²) in [4.78, 5) is 4.26. The maximum absolute atomic E-state index is 8.14. The normalized spacial score (nSPS) is 18.3. The Morgan fingerprint density at radius 2 is 1.51 bits per heavy atom. The van der Waals surface area contributed by atoms with Crippen LogP contribution < -0.4 is 0 Å². The quantitative estimate of drug-likeness (QED) is 0.0944. The fraction of sp³-hybridized carbons (Fsp3) is 0.220. The van der Waals surface area contributed by atoms with Crippen LogP contribution in [0.15, 0.2) is 119 Å². The molecule has 1 fully saturated rings. The predicted octanol–water partition coefficient (Wildman–Crippen LogP) is 9.57. The van der Waals surface area contributed by atoms with Crippen molar-refractivity contribution >= 4 is 36.2 Å². The van der Waals surface area contributed by atoms with Crippen molar-refractivity contribution in [1.82, 2.24) is 0 Å². The van der Waals surface area contributed by atoms with Crippen LogP contribution >= 0.6 is 0 Å². The molecule has 0 amide bonds. The third kappa shape index (κ3) is 7.07. The van der Waals surface area contributed by atoms with Crippen molar-refractivity contribution < 1.29 is 13.7 Å². The average Bonchev–Trinajstić information content (AvgIpc) is 3.52. The SMILES string of the molecule is Cc1cccc2oc3c(c12)CC#CC(B1OC(C)(C)C(C)(C)O1)/C=C\3.N=C(N=Cc1ccccc1)c1cccc(-c2ccccc2)c1. The van der Waals surface area contributed by atoms with Gasteiger partial charge in [0.1, 0.15) is 11.3 Å². The Kier molecular flexibility index (Phi) is 9.14. The first kappa shape index (κ1) is 32.0. The number of aryl methyl sites for hydroxylation is 1. The smallest absolute Gasteiger partial charge is 0.456 e. The van der Waals surface area contributed by atoms with E-state index in [0.29, 0.717) is 6.42 Å². The van der Waals surface area contributed by atoms with Crippen molar-refractivity contribution in [2.75, 3.05) is 0 Å². The molecule has 0 bridgehead atoms. The lowest BCUT2D eigenvalue weighted by molar-refractivity contribution is 0.00578. The second-order valence-corrected chi connectivity index (χ2v) is 12.9. The summed E-state index contributed by atoms with van der Waals surface area (Å²) in [5, 5.41) is 9.33. The zero-order valence-corrected chi connectivity index (χ0v) is 27.6. The number of hydrogen-bond acceptors (Lipinski definition) is 4. The van der Waals surface area contributed by atoms with E-state index < -0.39 is 0 Å². The molecule has 1 atom stereocenters. The summed E-state index contributed by atoms with van der Waals surface area (Å²) in [6.45, 7) is 10.4. The molecule has 1 saturated heterocycles. The highest BCUT2D eigenvalue weighted by Crippen LogP contribution is 2.41. The van der Waals surface area contributed by atoms with Crippen LogP contribution in [-0.4, -0.2) is 30.4 Å². The Bertz CT molecular complexity index is 2000. The Balaban J connectivity index is 0.000000166. The molecule has 1 aromatic heterocycles. The van der Waals surface area contributed by atoms with Gasteiger partial charge >= 0.3 is 7.12 Å². The predicted molar refractivity (Wildman–Crippen MR) is 194 cm³/mol. The van der Waals surface area contributed by atoms with Crippen LogP contribution in [0.3, 0.4) is 0 Å². The van der Waals surface area contributed by atoms with Crippen molar-refractivity contribution in [3.8, 4) is 23.0 Å². The molecule has 5 aromatic rings. The van der Waals surface area contributed by atoms with Gasteiger partial charge in [-0.2, -0.15) is 0 Å². The zero-order valence-electron chi connectivity index (χ0n) is 27.6. The van der Waals surface area contributed by atoms with Crippen LogP contribution in [0.2, 0.25) is 5.82 Å². The van der Waals surface area contributed by atoms with E-state index >= 15 is 0 Å². The van der Waals surface area contributed by atoms with Gasteiger partial charge in [-0.15, -0.1) is 0 Å². The first-order valence-corrected chi connectivity index (χ1v) is 16.0. The van der Waals surface area contributed by atoms with Crippen LogP contribution in [0, 0.1) is 24.2 Å². The van der Waals surface area contributed by atoms with E-state index in [0.717, 1.165) is 33.6 Å². The minimum Gasteiger partial charge on any atom is -0.456 e. The number of hydrogen-bond donors (Lipinski definition) is 1. The molecule has 4 aromatic carbocycles. The molecule has 5 nitrogen and oxygen atoms in total. The van der Waals surface area contributed by atoms with Crippen LogP contribution in [-0.2, 0) is 15.7 Å². The third-order valence-corrected chi connectivity index (χ3v) is 8.99. The molecule has 2 aliphatic rings. The fourth-order valence-corrected chi connectivity index (χ4v) is 5.65. The topological polar surface area (TPSA) is 67.8 Å². The summed E-state index contributed by atoms with van der Waals surface area (Å²) in [6.07, 6.45) is 6.47. The van der Waals surface area contributed by atoms with Gasteiger partial charge < -0.3 is 13.7 Å². The number of amidine groups is 1. The molecule has 0 spiro atoms. The lowest BCUT2D eigenvalue weighted by Gasteiger charge is -2.32. The van der Waals surface area contributed by atoms with Gasteiger partial charge in [0.15, 0.2) is 5.84 Å². The minimum absolute atomic E-state index is 0.108. The van der Waals surface area contributed by atoms with Crippen LogP contribution in [0.1, 0.15) is 55.7 Å². The van der Waals surface area contributed by atoms with E-state index in [2.05, 4.69) is 69.7 Å². The fourth-order valence-electron chi connectivity index (χ4n) is 5.65. The molecular weight excluding hydrogens is 579 g/mol. The number of fused-ring (bicyclic) bond motifs is 3. The second kappa shape index (κ2) is 13.4. The largest absolute Gasteiger partial charge is 0.478 e. The molecule has 0 radical (unpaired) electrons. The van der Waals surface area contributed by atoms with E-state index in [4.69, 9.17) is 19.1 Å². The summed E-state index contributed by atoms with van der Waals surface area (Å²) >= 11 is 0. The Hall–Kier alpha value is -4.96. The molecule has 47 heavy (non-hydrogen) atoms. The average molecular weight is 619 g/mol. The van der Waals surface area contributed by atoms with Crippen LogP contribution in [0.25, 0.3) is 28.2 Å². The molecule has 1 unspecified atom stereocenters. The van der Waals surface area contributed by atoms with Gasteiger partial charge in [0.05, 0.1) is 17.0 Å². The molecule has 234 valence electrons. The van der Waals surface area contributed by atoms with Gasteiger partial charge in [0.2, 0.25) is 0 Å². The van der Waals surface area contributed by atoms with Crippen LogP contribution in [0.5, 0.6) is 0 Å². The van der Waals surface area contributed by atoms with E-state index in [1.54, 1.807) is 6.21 Å². The van der Waals surface area contributed by atoms with Crippen molar-refractivity contribution in [3.63, 3.8) is 0 Å². The van der Waals surface area contributed by atoms with E-state index in [1.165, 1.54) is 16.5 Å². The number of rotatable bonds is 4. The summed E-state index contributed by atoms with van der Waals surface area (Å²) < 4.78 is 18.4. The lowest BCUT2D eigenvalue weighted by Crippen LogP contribution is -2.41. The van der Waals surface area contributed by atoms with E-state index in [1.807, 2.05) is 97.1 Å². The van der Waals surface area contributed by atoms with Crippen molar-refractivity contribution in [1.29, 1.82) is 5.41 Å². The van der Waals surface area contributed by atoms with E-state index in [-0.39, 0.29) is 30.0 Å². The van der Waals surface area contributed by atoms with Crippen molar-refractivity contribution in [2.24, 2.45) is 4.99 Å². The first-order valence-electron chi connectivity index (χ1n) is 16.0. The molecule has 1 N–H and O–H groups in total. The van der Waals surface area contributed by atoms with Crippen LogP contribution in [0.4, 0.5) is 0 Å². The van der Waals surface area contributed by atoms with Crippen molar-refractivity contribution in [2.45, 2.75) is 58.1 Å². The number of aliphatic imine (C=N–C) groups is 1. The van der Waals surface area contributed by atoms with Gasteiger partial charge in [0, 0.05) is 29.1 Å². The van der Waals surface area contributed by atoms with Gasteiger partial charge in [-0.25, -0.2) is 4.99 Å². The van der Waals surface area contributed by atoms with Gasteiger partial charge in [0.25, 0.3) is 0 Å².